The van der Waals surface area contributed by atoms with Gasteiger partial charge in [-0.05, 0) is 0 Å². The van der Waals surface area contributed by atoms with Gasteiger partial charge in [0.2, 0.25) is 5.43 Å². The highest BCUT2D eigenvalue weighted by atomic mass is 32.2. The molecule has 2 rings (SSSR count). The summed E-state index contributed by atoms with van der Waals surface area (Å²) >= 11 is 0. The van der Waals surface area contributed by atoms with E-state index < -0.39 is 15.5 Å². The standard InChI is InChI=1S/C9H13N3O4S/c13-8-1-2-10-7-9(8)17(14,15)11-12-3-5-16-6-4-12/h1-2,7,11H,3-6H2,(H,10,13). The van der Waals surface area contributed by atoms with Crippen LogP contribution in [0.3, 0.4) is 0 Å². The van der Waals surface area contributed by atoms with Crippen molar-refractivity contribution in [2.24, 2.45) is 0 Å². The Labute approximate surface area is 98.4 Å². The van der Waals surface area contributed by atoms with E-state index in [0.717, 1.165) is 0 Å². The average molecular weight is 259 g/mol. The van der Waals surface area contributed by atoms with Crippen LogP contribution in [0.25, 0.3) is 0 Å². The summed E-state index contributed by atoms with van der Waals surface area (Å²) < 4.78 is 28.9. The molecule has 0 aromatic carbocycles. The predicted octanol–water partition coefficient (Wildman–Crippen LogP) is -1.10. The van der Waals surface area contributed by atoms with Crippen molar-refractivity contribution in [1.29, 1.82) is 0 Å². The van der Waals surface area contributed by atoms with Crippen molar-refractivity contribution in [3.63, 3.8) is 0 Å². The van der Waals surface area contributed by atoms with Gasteiger partial charge in [0.1, 0.15) is 4.90 Å². The molecule has 1 saturated heterocycles. The van der Waals surface area contributed by atoms with Gasteiger partial charge in [0.15, 0.2) is 0 Å². The second-order valence-corrected chi connectivity index (χ2v) is 5.20. The Morgan fingerprint density at radius 2 is 2.06 bits per heavy atom. The molecule has 1 aliphatic heterocycles. The van der Waals surface area contributed by atoms with E-state index in [0.29, 0.717) is 26.3 Å². The van der Waals surface area contributed by atoms with Crippen molar-refractivity contribution in [2.45, 2.75) is 4.90 Å². The lowest BCUT2D eigenvalue weighted by Crippen LogP contribution is -2.48. The number of pyridine rings is 1. The van der Waals surface area contributed by atoms with E-state index in [1.165, 1.54) is 23.5 Å². The first-order chi connectivity index (χ1) is 8.09. The summed E-state index contributed by atoms with van der Waals surface area (Å²) in [4.78, 5) is 16.1. The first-order valence-electron chi connectivity index (χ1n) is 5.12. The maximum Gasteiger partial charge on any atom is 0.258 e. The molecule has 17 heavy (non-hydrogen) atoms. The number of ether oxygens (including phenoxy) is 1. The summed E-state index contributed by atoms with van der Waals surface area (Å²) in [6.45, 7) is 1.86. The molecule has 0 atom stereocenters. The highest BCUT2D eigenvalue weighted by Crippen LogP contribution is 2.02. The van der Waals surface area contributed by atoms with Crippen LogP contribution in [-0.2, 0) is 14.8 Å². The number of nitrogens with zero attached hydrogens (tertiary/aromatic N) is 1. The van der Waals surface area contributed by atoms with Crippen LogP contribution in [0, 0.1) is 0 Å². The van der Waals surface area contributed by atoms with E-state index in [1.54, 1.807) is 0 Å². The van der Waals surface area contributed by atoms with Crippen molar-refractivity contribution in [2.75, 3.05) is 26.3 Å². The van der Waals surface area contributed by atoms with Gasteiger partial charge in [-0.3, -0.25) is 4.79 Å². The Hall–Kier alpha value is -1.22. The first kappa shape index (κ1) is 12.2. The maximum atomic E-state index is 11.9. The van der Waals surface area contributed by atoms with Crippen LogP contribution in [-0.4, -0.2) is 44.7 Å². The van der Waals surface area contributed by atoms with Gasteiger partial charge in [0.05, 0.1) is 13.2 Å². The number of aromatic amines is 1. The van der Waals surface area contributed by atoms with Gasteiger partial charge in [-0.15, -0.1) is 4.83 Å². The molecule has 1 aliphatic rings. The molecule has 2 N–H and O–H groups in total. The summed E-state index contributed by atoms with van der Waals surface area (Å²) in [5.41, 5.74) is -0.537. The Morgan fingerprint density at radius 3 is 2.71 bits per heavy atom. The van der Waals surface area contributed by atoms with Gasteiger partial charge in [-0.25, -0.2) is 13.4 Å². The smallest absolute Gasteiger partial charge is 0.258 e. The van der Waals surface area contributed by atoms with Crippen LogP contribution in [0.5, 0.6) is 0 Å². The summed E-state index contributed by atoms with van der Waals surface area (Å²) in [6.07, 6.45) is 2.56. The molecule has 0 spiro atoms. The largest absolute Gasteiger partial charge is 0.379 e. The van der Waals surface area contributed by atoms with Crippen molar-refractivity contribution in [3.8, 4) is 0 Å². The molecule has 0 amide bonds. The monoisotopic (exact) mass is 259 g/mol. The highest BCUT2D eigenvalue weighted by Gasteiger charge is 2.22. The molecule has 94 valence electrons. The number of aromatic nitrogens is 1. The van der Waals surface area contributed by atoms with Gasteiger partial charge in [0.25, 0.3) is 10.0 Å². The fourth-order valence-corrected chi connectivity index (χ4v) is 2.66. The van der Waals surface area contributed by atoms with Gasteiger partial charge < -0.3 is 9.72 Å². The Balaban J connectivity index is 2.19. The molecular weight excluding hydrogens is 246 g/mol. The van der Waals surface area contributed by atoms with Crippen LogP contribution in [0.15, 0.2) is 28.2 Å². The van der Waals surface area contributed by atoms with Crippen molar-refractivity contribution < 1.29 is 13.2 Å². The fourth-order valence-electron chi connectivity index (χ4n) is 1.48. The summed E-state index contributed by atoms with van der Waals surface area (Å²) in [5.74, 6) is 0. The molecule has 2 heterocycles. The van der Waals surface area contributed by atoms with E-state index in [4.69, 9.17) is 4.74 Å². The van der Waals surface area contributed by atoms with Gasteiger partial charge >= 0.3 is 0 Å². The number of hydrazine groups is 1. The third-order valence-electron chi connectivity index (χ3n) is 2.34. The molecule has 0 aliphatic carbocycles. The van der Waals surface area contributed by atoms with Crippen molar-refractivity contribution >= 4 is 10.0 Å². The number of hydrogen-bond donors (Lipinski definition) is 2. The molecule has 1 aromatic rings. The third-order valence-corrected chi connectivity index (χ3v) is 3.73. The fraction of sp³-hybridized carbons (Fsp3) is 0.444. The maximum absolute atomic E-state index is 11.9. The van der Waals surface area contributed by atoms with E-state index in [1.807, 2.05) is 0 Å². The Bertz CT molecular complexity index is 533. The van der Waals surface area contributed by atoms with Gasteiger partial charge in [-0.1, -0.05) is 0 Å². The molecule has 1 fully saturated rings. The first-order valence-corrected chi connectivity index (χ1v) is 6.60. The minimum Gasteiger partial charge on any atom is -0.379 e. The minimum atomic E-state index is -3.81. The molecule has 7 nitrogen and oxygen atoms in total. The highest BCUT2D eigenvalue weighted by molar-refractivity contribution is 7.89. The van der Waals surface area contributed by atoms with Crippen LogP contribution in [0.1, 0.15) is 0 Å². The normalized spacial score (nSPS) is 18.1. The number of rotatable bonds is 3. The van der Waals surface area contributed by atoms with E-state index in [2.05, 4.69) is 9.82 Å². The zero-order chi connectivity index (χ0) is 12.3. The summed E-state index contributed by atoms with van der Waals surface area (Å²) in [5, 5.41) is 1.52. The van der Waals surface area contributed by atoms with Gasteiger partial charge in [0, 0.05) is 31.5 Å². The number of nitrogens with one attached hydrogen (secondary N) is 2. The Morgan fingerprint density at radius 1 is 1.35 bits per heavy atom. The molecule has 8 heteroatoms. The van der Waals surface area contributed by atoms with Crippen LogP contribution in [0.2, 0.25) is 0 Å². The molecule has 0 unspecified atom stereocenters. The van der Waals surface area contributed by atoms with E-state index in [-0.39, 0.29) is 4.90 Å². The minimum absolute atomic E-state index is 0.286. The zero-order valence-corrected chi connectivity index (χ0v) is 9.87. The second kappa shape index (κ2) is 4.96. The third kappa shape index (κ3) is 2.91. The number of hydrogen-bond acceptors (Lipinski definition) is 5. The lowest BCUT2D eigenvalue weighted by atomic mass is 10.5. The lowest BCUT2D eigenvalue weighted by Gasteiger charge is -2.26. The van der Waals surface area contributed by atoms with E-state index >= 15 is 0 Å². The average Bonchev–Trinajstić information content (AvgIpc) is 2.30. The van der Waals surface area contributed by atoms with E-state index in [9.17, 15) is 13.2 Å². The Kier molecular flexibility index (Phi) is 3.57. The second-order valence-electron chi connectivity index (χ2n) is 3.57. The van der Waals surface area contributed by atoms with Crippen LogP contribution in [0.4, 0.5) is 0 Å². The summed E-state index contributed by atoms with van der Waals surface area (Å²) in [7, 11) is -3.81. The van der Waals surface area contributed by atoms with Crippen molar-refractivity contribution in [3.05, 3.63) is 28.7 Å². The molecular formula is C9H13N3O4S. The molecule has 1 aromatic heterocycles. The predicted molar refractivity (Wildman–Crippen MR) is 59.8 cm³/mol. The van der Waals surface area contributed by atoms with Gasteiger partial charge in [-0.2, -0.15) is 0 Å². The number of morpholine rings is 1. The molecule has 0 saturated carbocycles. The molecule has 0 radical (unpaired) electrons. The summed E-state index contributed by atoms with van der Waals surface area (Å²) in [6, 6.07) is 1.17. The molecule has 0 bridgehead atoms. The SMILES string of the molecule is O=c1cc[nH]cc1S(=O)(=O)NN1CCOCC1. The van der Waals surface area contributed by atoms with Crippen LogP contribution < -0.4 is 10.3 Å². The zero-order valence-electron chi connectivity index (χ0n) is 9.05. The number of sulfonamides is 1. The topological polar surface area (TPSA) is 91.5 Å². The van der Waals surface area contributed by atoms with Crippen molar-refractivity contribution in [1.82, 2.24) is 14.8 Å². The van der Waals surface area contributed by atoms with Crippen LogP contribution >= 0.6 is 0 Å². The lowest BCUT2D eigenvalue weighted by molar-refractivity contribution is 0.0272. The number of H-pyrrole nitrogens is 1. The quantitative estimate of drug-likeness (QED) is 0.719.